The Hall–Kier alpha value is -2.04. The molecule has 0 atom stereocenters. The molecule has 1 aromatic heterocycles. The zero-order valence-electron chi connectivity index (χ0n) is 8.07. The minimum atomic E-state index is -0.582. The highest BCUT2D eigenvalue weighted by Crippen LogP contribution is 2.15. The van der Waals surface area contributed by atoms with E-state index in [1.807, 2.05) is 0 Å². The molecule has 0 spiro atoms. The summed E-state index contributed by atoms with van der Waals surface area (Å²) in [7, 11) is 0. The van der Waals surface area contributed by atoms with Crippen molar-refractivity contribution in [3.63, 3.8) is 0 Å². The predicted octanol–water partition coefficient (Wildman–Crippen LogP) is 1.30. The normalized spacial score (nSPS) is 10.5. The molecule has 0 saturated carbocycles. The molecule has 2 rings (SSSR count). The van der Waals surface area contributed by atoms with Gasteiger partial charge in [0.15, 0.2) is 5.58 Å². The average molecular weight is 207 g/mol. The first-order chi connectivity index (χ1) is 7.22. The van der Waals surface area contributed by atoms with Gasteiger partial charge in [0.1, 0.15) is 5.52 Å². The average Bonchev–Trinajstić information content (AvgIpc) is 2.57. The van der Waals surface area contributed by atoms with Crippen molar-refractivity contribution in [3.8, 4) is 0 Å². The van der Waals surface area contributed by atoms with Crippen LogP contribution in [-0.2, 0) is 4.74 Å². The molecule has 1 heterocycles. The molecular formula is C10H9NO4. The van der Waals surface area contributed by atoms with Crippen LogP contribution >= 0.6 is 0 Å². The van der Waals surface area contributed by atoms with Gasteiger partial charge in [-0.2, -0.15) is 0 Å². The van der Waals surface area contributed by atoms with Crippen molar-refractivity contribution in [2.24, 2.45) is 0 Å². The quantitative estimate of drug-likeness (QED) is 0.753. The number of rotatable bonds is 2. The van der Waals surface area contributed by atoms with Crippen LogP contribution in [0.1, 0.15) is 17.3 Å². The van der Waals surface area contributed by atoms with E-state index >= 15 is 0 Å². The largest absolute Gasteiger partial charge is 0.462 e. The molecule has 2 aromatic rings. The van der Waals surface area contributed by atoms with E-state index in [0.29, 0.717) is 16.7 Å². The van der Waals surface area contributed by atoms with Crippen LogP contribution in [0.5, 0.6) is 0 Å². The van der Waals surface area contributed by atoms with Crippen LogP contribution in [0.2, 0.25) is 0 Å². The van der Waals surface area contributed by atoms with Crippen LogP contribution < -0.4 is 5.76 Å². The number of nitrogens with one attached hydrogen (secondary N) is 1. The lowest BCUT2D eigenvalue weighted by Gasteiger charge is -2.01. The maximum Gasteiger partial charge on any atom is 0.417 e. The van der Waals surface area contributed by atoms with Gasteiger partial charge in [-0.25, -0.2) is 9.59 Å². The van der Waals surface area contributed by atoms with Gasteiger partial charge in [-0.3, -0.25) is 4.98 Å². The van der Waals surface area contributed by atoms with Gasteiger partial charge in [0, 0.05) is 0 Å². The second-order valence-corrected chi connectivity index (χ2v) is 2.91. The summed E-state index contributed by atoms with van der Waals surface area (Å²) in [6.07, 6.45) is 0. The third kappa shape index (κ3) is 1.63. The van der Waals surface area contributed by atoms with Gasteiger partial charge in [-0.05, 0) is 19.1 Å². The van der Waals surface area contributed by atoms with E-state index in [0.717, 1.165) is 0 Å². The first-order valence-electron chi connectivity index (χ1n) is 4.51. The second-order valence-electron chi connectivity index (χ2n) is 2.91. The summed E-state index contributed by atoms with van der Waals surface area (Å²) in [6.45, 7) is 2.01. The molecule has 1 aromatic carbocycles. The summed E-state index contributed by atoms with van der Waals surface area (Å²) in [6, 6.07) is 4.81. The number of aromatic amines is 1. The van der Waals surface area contributed by atoms with Crippen molar-refractivity contribution < 1.29 is 13.9 Å². The van der Waals surface area contributed by atoms with Gasteiger partial charge in [0.05, 0.1) is 12.2 Å². The van der Waals surface area contributed by atoms with E-state index in [1.54, 1.807) is 25.1 Å². The van der Waals surface area contributed by atoms with Gasteiger partial charge in [-0.1, -0.05) is 6.07 Å². The zero-order chi connectivity index (χ0) is 10.8. The van der Waals surface area contributed by atoms with Crippen molar-refractivity contribution in [2.45, 2.75) is 6.92 Å². The topological polar surface area (TPSA) is 72.3 Å². The number of hydrogen-bond donors (Lipinski definition) is 1. The number of carbonyl (C=O) groups is 1. The van der Waals surface area contributed by atoms with Gasteiger partial charge < -0.3 is 9.15 Å². The first kappa shape index (κ1) is 9.51. The van der Waals surface area contributed by atoms with Crippen molar-refractivity contribution >= 4 is 17.1 Å². The third-order valence-electron chi connectivity index (χ3n) is 1.95. The molecule has 0 saturated heterocycles. The van der Waals surface area contributed by atoms with Crippen molar-refractivity contribution in [2.75, 3.05) is 6.61 Å². The minimum absolute atomic E-state index is 0.289. The molecule has 0 radical (unpaired) electrons. The van der Waals surface area contributed by atoms with Crippen LogP contribution in [0.4, 0.5) is 0 Å². The highest BCUT2D eigenvalue weighted by atomic mass is 16.5. The first-order valence-corrected chi connectivity index (χ1v) is 4.51. The Labute approximate surface area is 84.7 Å². The van der Waals surface area contributed by atoms with Crippen molar-refractivity contribution in [1.29, 1.82) is 0 Å². The molecule has 1 N–H and O–H groups in total. The molecule has 0 bridgehead atoms. The molecule has 5 heteroatoms. The van der Waals surface area contributed by atoms with E-state index in [1.165, 1.54) is 0 Å². The summed E-state index contributed by atoms with van der Waals surface area (Å²) in [4.78, 5) is 24.9. The van der Waals surface area contributed by atoms with Gasteiger partial charge in [-0.15, -0.1) is 0 Å². The zero-order valence-corrected chi connectivity index (χ0v) is 8.07. The van der Waals surface area contributed by atoms with Crippen LogP contribution in [0.15, 0.2) is 27.4 Å². The number of oxazole rings is 1. The Bertz CT molecular complexity index is 552. The van der Waals surface area contributed by atoms with E-state index in [-0.39, 0.29) is 6.61 Å². The molecule has 5 nitrogen and oxygen atoms in total. The summed E-state index contributed by atoms with van der Waals surface area (Å²) >= 11 is 0. The monoisotopic (exact) mass is 207 g/mol. The van der Waals surface area contributed by atoms with E-state index < -0.39 is 11.7 Å². The van der Waals surface area contributed by atoms with Crippen LogP contribution in [0.25, 0.3) is 11.1 Å². The standard InChI is InChI=1S/C10H9NO4/c1-2-14-9(12)6-4-3-5-7-8(6)11-10(13)15-7/h3-5H,2H2,1H3,(H,11,13). The predicted molar refractivity (Wildman–Crippen MR) is 52.8 cm³/mol. The Morgan fingerprint density at radius 3 is 3.07 bits per heavy atom. The van der Waals surface area contributed by atoms with E-state index in [2.05, 4.69) is 4.98 Å². The third-order valence-corrected chi connectivity index (χ3v) is 1.95. The summed E-state index contributed by atoms with van der Waals surface area (Å²) < 4.78 is 9.66. The van der Waals surface area contributed by atoms with Gasteiger partial charge in [0.25, 0.3) is 0 Å². The molecule has 15 heavy (non-hydrogen) atoms. The highest BCUT2D eigenvalue weighted by molar-refractivity contribution is 6.01. The summed E-state index contributed by atoms with van der Waals surface area (Å²) in [5, 5.41) is 0. The molecule has 0 fully saturated rings. The Morgan fingerprint density at radius 1 is 1.53 bits per heavy atom. The Morgan fingerprint density at radius 2 is 2.33 bits per heavy atom. The molecule has 0 aliphatic carbocycles. The SMILES string of the molecule is CCOC(=O)c1cccc2oc(=O)[nH]c12. The number of benzene rings is 1. The smallest absolute Gasteiger partial charge is 0.417 e. The number of esters is 1. The maximum absolute atomic E-state index is 11.5. The number of aromatic nitrogens is 1. The molecular weight excluding hydrogens is 198 g/mol. The van der Waals surface area contributed by atoms with Crippen LogP contribution in [0, 0.1) is 0 Å². The van der Waals surface area contributed by atoms with Gasteiger partial charge >= 0.3 is 11.7 Å². The fourth-order valence-corrected chi connectivity index (χ4v) is 1.35. The van der Waals surface area contributed by atoms with Crippen LogP contribution in [0.3, 0.4) is 0 Å². The molecule has 0 amide bonds. The lowest BCUT2D eigenvalue weighted by molar-refractivity contribution is 0.0528. The van der Waals surface area contributed by atoms with Crippen LogP contribution in [-0.4, -0.2) is 17.6 Å². The lowest BCUT2D eigenvalue weighted by atomic mass is 10.2. The molecule has 0 unspecified atom stereocenters. The van der Waals surface area contributed by atoms with E-state index in [4.69, 9.17) is 9.15 Å². The lowest BCUT2D eigenvalue weighted by Crippen LogP contribution is -2.05. The number of ether oxygens (including phenoxy) is 1. The molecule has 0 aliphatic heterocycles. The summed E-state index contributed by atoms with van der Waals surface area (Å²) in [5.41, 5.74) is 1.03. The van der Waals surface area contributed by atoms with Crippen molar-refractivity contribution in [3.05, 3.63) is 34.3 Å². The minimum Gasteiger partial charge on any atom is -0.462 e. The number of H-pyrrole nitrogens is 1. The molecule has 0 aliphatic rings. The second kappa shape index (κ2) is 3.61. The number of carbonyl (C=O) groups excluding carboxylic acids is 1. The van der Waals surface area contributed by atoms with Crippen molar-refractivity contribution in [1.82, 2.24) is 4.98 Å². The fraction of sp³-hybridized carbons (Fsp3) is 0.200. The highest BCUT2D eigenvalue weighted by Gasteiger charge is 2.13. The number of hydrogen-bond acceptors (Lipinski definition) is 4. The fourth-order valence-electron chi connectivity index (χ4n) is 1.35. The molecule has 78 valence electrons. The summed E-state index contributed by atoms with van der Waals surface area (Å²) in [5.74, 6) is -1.05. The van der Waals surface area contributed by atoms with E-state index in [9.17, 15) is 9.59 Å². The number of para-hydroxylation sites is 1. The Kier molecular flexibility index (Phi) is 2.29. The number of fused-ring (bicyclic) bond motifs is 1. The van der Waals surface area contributed by atoms with Gasteiger partial charge in [0.2, 0.25) is 0 Å². The Balaban J connectivity index is 2.60. The maximum atomic E-state index is 11.5.